The van der Waals surface area contributed by atoms with E-state index < -0.39 is 5.97 Å². The van der Waals surface area contributed by atoms with Crippen LogP contribution in [0.5, 0.6) is 0 Å². The lowest BCUT2D eigenvalue weighted by Crippen LogP contribution is -2.08. The van der Waals surface area contributed by atoms with Crippen LogP contribution < -0.4 is 5.73 Å². The van der Waals surface area contributed by atoms with Crippen molar-refractivity contribution < 1.29 is 9.90 Å². The number of rotatable bonds is 3. The Hall–Kier alpha value is -2.43. The van der Waals surface area contributed by atoms with Crippen LogP contribution in [0.2, 0.25) is 0 Å². The fourth-order valence-corrected chi connectivity index (χ4v) is 2.35. The molecule has 102 valence electrons. The molecule has 0 bridgehead atoms. The van der Waals surface area contributed by atoms with E-state index in [1.54, 1.807) is 0 Å². The lowest BCUT2D eigenvalue weighted by Gasteiger charge is -2.11. The van der Waals surface area contributed by atoms with Gasteiger partial charge in [0.2, 0.25) is 5.82 Å². The highest BCUT2D eigenvalue weighted by molar-refractivity contribution is 5.98. The van der Waals surface area contributed by atoms with Gasteiger partial charge in [0, 0.05) is 10.9 Å². The number of nitrogen functional groups attached to an aromatic ring is 1. The van der Waals surface area contributed by atoms with E-state index in [1.807, 2.05) is 19.1 Å². The number of carbonyl (C=O) groups is 1. The summed E-state index contributed by atoms with van der Waals surface area (Å²) < 4.78 is 0. The number of anilines is 1. The molecule has 20 heavy (non-hydrogen) atoms. The summed E-state index contributed by atoms with van der Waals surface area (Å²) in [6.45, 7) is 5.83. The number of allylic oxidation sites excluding steroid dienone is 1. The zero-order valence-electron chi connectivity index (χ0n) is 11.2. The van der Waals surface area contributed by atoms with Crippen molar-refractivity contribution in [3.8, 4) is 0 Å². The standard InChI is InChI=1S/C15H15N3O2/c1-7(2)10-5-9(8-3-4-8)6-11-12(10)17-14(15(19)20)18-13(11)16/h5-6,8H,1,3-4H2,2H3,(H,19,20)(H2,16,17,18). The minimum Gasteiger partial charge on any atom is -0.475 e. The second-order valence-electron chi connectivity index (χ2n) is 5.26. The predicted molar refractivity (Wildman–Crippen MR) is 77.6 cm³/mol. The highest BCUT2D eigenvalue weighted by Crippen LogP contribution is 2.42. The fourth-order valence-electron chi connectivity index (χ4n) is 2.35. The zero-order chi connectivity index (χ0) is 14.4. The van der Waals surface area contributed by atoms with Crippen molar-refractivity contribution in [1.82, 2.24) is 9.97 Å². The summed E-state index contributed by atoms with van der Waals surface area (Å²) in [7, 11) is 0. The Kier molecular flexibility index (Phi) is 2.71. The molecule has 3 rings (SSSR count). The first kappa shape index (κ1) is 12.6. The van der Waals surface area contributed by atoms with Gasteiger partial charge in [0.1, 0.15) is 5.82 Å². The number of nitrogens with two attached hydrogens (primary N) is 1. The fraction of sp³-hybridized carbons (Fsp3) is 0.267. The SMILES string of the molecule is C=C(C)c1cc(C2CC2)cc2c(N)nc(C(=O)O)nc12. The van der Waals surface area contributed by atoms with Crippen LogP contribution in [-0.4, -0.2) is 21.0 Å². The normalized spacial score (nSPS) is 14.4. The number of benzene rings is 1. The van der Waals surface area contributed by atoms with E-state index in [4.69, 9.17) is 10.8 Å². The van der Waals surface area contributed by atoms with E-state index >= 15 is 0 Å². The van der Waals surface area contributed by atoms with Crippen LogP contribution in [0.3, 0.4) is 0 Å². The van der Waals surface area contributed by atoms with Gasteiger partial charge in [-0.2, -0.15) is 0 Å². The molecule has 1 heterocycles. The molecule has 1 saturated carbocycles. The summed E-state index contributed by atoms with van der Waals surface area (Å²) in [5.41, 5.74) is 9.36. The molecule has 0 saturated heterocycles. The minimum atomic E-state index is -1.18. The van der Waals surface area contributed by atoms with Crippen LogP contribution in [-0.2, 0) is 0 Å². The third-order valence-electron chi connectivity index (χ3n) is 3.55. The Balaban J connectivity index is 2.35. The summed E-state index contributed by atoms with van der Waals surface area (Å²) in [6, 6.07) is 4.01. The van der Waals surface area contributed by atoms with E-state index in [-0.39, 0.29) is 11.6 Å². The topological polar surface area (TPSA) is 89.1 Å². The summed E-state index contributed by atoms with van der Waals surface area (Å²) in [6.07, 6.45) is 2.35. The second-order valence-corrected chi connectivity index (χ2v) is 5.26. The van der Waals surface area contributed by atoms with Crippen LogP contribution in [0, 0.1) is 0 Å². The Bertz CT molecular complexity index is 748. The number of aromatic nitrogens is 2. The second kappa shape index (κ2) is 4.30. The Morgan fingerprint density at radius 1 is 1.40 bits per heavy atom. The molecule has 3 N–H and O–H groups in total. The van der Waals surface area contributed by atoms with Crippen molar-refractivity contribution in [2.24, 2.45) is 0 Å². The van der Waals surface area contributed by atoms with Gasteiger partial charge < -0.3 is 10.8 Å². The van der Waals surface area contributed by atoms with Gasteiger partial charge in [0.15, 0.2) is 0 Å². The van der Waals surface area contributed by atoms with Gasteiger partial charge in [-0.05, 0) is 49.0 Å². The number of fused-ring (bicyclic) bond motifs is 1. The molecular formula is C15H15N3O2. The average molecular weight is 269 g/mol. The van der Waals surface area contributed by atoms with Crippen molar-refractivity contribution in [3.05, 3.63) is 35.7 Å². The van der Waals surface area contributed by atoms with Crippen molar-refractivity contribution >= 4 is 28.3 Å². The maximum Gasteiger partial charge on any atom is 0.374 e. The van der Waals surface area contributed by atoms with Crippen molar-refractivity contribution in [1.29, 1.82) is 0 Å². The summed E-state index contributed by atoms with van der Waals surface area (Å²) in [5, 5.41) is 9.75. The molecule has 5 heteroatoms. The van der Waals surface area contributed by atoms with Crippen molar-refractivity contribution in [3.63, 3.8) is 0 Å². The van der Waals surface area contributed by atoms with E-state index in [9.17, 15) is 4.79 Å². The highest BCUT2D eigenvalue weighted by Gasteiger charge is 2.25. The molecule has 1 aromatic carbocycles. The first-order chi connectivity index (χ1) is 9.47. The molecule has 1 fully saturated rings. The molecule has 1 aliphatic rings. The molecule has 0 aliphatic heterocycles. The Labute approximate surface area is 116 Å². The largest absolute Gasteiger partial charge is 0.475 e. The van der Waals surface area contributed by atoms with E-state index in [0.29, 0.717) is 16.8 Å². The van der Waals surface area contributed by atoms with Crippen LogP contribution in [0.25, 0.3) is 16.5 Å². The first-order valence-corrected chi connectivity index (χ1v) is 6.47. The van der Waals surface area contributed by atoms with Gasteiger partial charge in [-0.25, -0.2) is 14.8 Å². The lowest BCUT2D eigenvalue weighted by atomic mass is 9.98. The molecule has 1 aromatic heterocycles. The van der Waals surface area contributed by atoms with Gasteiger partial charge in [0.25, 0.3) is 0 Å². The minimum absolute atomic E-state index is 0.206. The number of carboxylic acids is 1. The van der Waals surface area contributed by atoms with Gasteiger partial charge >= 0.3 is 5.97 Å². The van der Waals surface area contributed by atoms with Crippen molar-refractivity contribution in [2.45, 2.75) is 25.7 Å². The lowest BCUT2D eigenvalue weighted by molar-refractivity contribution is 0.0684. The molecule has 0 unspecified atom stereocenters. The predicted octanol–water partition coefficient (Wildman–Crippen LogP) is 2.82. The molecule has 5 nitrogen and oxygen atoms in total. The molecular weight excluding hydrogens is 254 g/mol. The van der Waals surface area contributed by atoms with E-state index in [2.05, 4.69) is 16.5 Å². The van der Waals surface area contributed by atoms with Gasteiger partial charge in [-0.3, -0.25) is 0 Å². The molecule has 0 amide bonds. The van der Waals surface area contributed by atoms with Gasteiger partial charge in [-0.1, -0.05) is 6.58 Å². The molecule has 1 aliphatic carbocycles. The zero-order valence-corrected chi connectivity index (χ0v) is 11.2. The molecule has 2 aromatic rings. The molecule has 0 spiro atoms. The monoisotopic (exact) mass is 269 g/mol. The van der Waals surface area contributed by atoms with Crippen LogP contribution >= 0.6 is 0 Å². The molecule has 0 atom stereocenters. The van der Waals surface area contributed by atoms with Gasteiger partial charge in [0.05, 0.1) is 5.52 Å². The maximum atomic E-state index is 11.1. The summed E-state index contributed by atoms with van der Waals surface area (Å²) >= 11 is 0. The van der Waals surface area contributed by atoms with Crippen LogP contribution in [0.15, 0.2) is 18.7 Å². The van der Waals surface area contributed by atoms with Crippen LogP contribution in [0.1, 0.15) is 47.4 Å². The first-order valence-electron chi connectivity index (χ1n) is 6.47. The van der Waals surface area contributed by atoms with E-state index in [0.717, 1.165) is 11.1 Å². The van der Waals surface area contributed by atoms with Crippen LogP contribution in [0.4, 0.5) is 5.82 Å². The maximum absolute atomic E-state index is 11.1. The summed E-state index contributed by atoms with van der Waals surface area (Å²) in [5.74, 6) is -0.692. The quantitative estimate of drug-likeness (QED) is 0.894. The van der Waals surface area contributed by atoms with Crippen molar-refractivity contribution in [2.75, 3.05) is 5.73 Å². The van der Waals surface area contributed by atoms with Gasteiger partial charge in [-0.15, -0.1) is 0 Å². The number of hydrogen-bond acceptors (Lipinski definition) is 4. The number of aromatic carboxylic acids is 1. The smallest absolute Gasteiger partial charge is 0.374 e. The van der Waals surface area contributed by atoms with E-state index in [1.165, 1.54) is 18.4 Å². The highest BCUT2D eigenvalue weighted by atomic mass is 16.4. The number of hydrogen-bond donors (Lipinski definition) is 2. The average Bonchev–Trinajstić information content (AvgIpc) is 3.21. The third-order valence-corrected chi connectivity index (χ3v) is 3.55. The molecule has 0 radical (unpaired) electrons. The summed E-state index contributed by atoms with van der Waals surface area (Å²) in [4.78, 5) is 19.0. The number of carboxylic acid groups (broad SMARTS) is 1. The Morgan fingerprint density at radius 2 is 2.10 bits per heavy atom. The Morgan fingerprint density at radius 3 is 2.65 bits per heavy atom. The third kappa shape index (κ3) is 2.01. The number of nitrogens with zero attached hydrogens (tertiary/aromatic N) is 2.